The van der Waals surface area contributed by atoms with Crippen molar-refractivity contribution >= 4 is 0 Å². The zero-order valence-electron chi connectivity index (χ0n) is 10.7. The van der Waals surface area contributed by atoms with Crippen molar-refractivity contribution in [3.05, 3.63) is 58.7 Å². The molecule has 0 aliphatic heterocycles. The van der Waals surface area contributed by atoms with Gasteiger partial charge in [-0.2, -0.15) is 0 Å². The van der Waals surface area contributed by atoms with Gasteiger partial charge in [-0.05, 0) is 60.2 Å². The molecule has 0 aromatic heterocycles. The number of nitrogens with two attached hydrogens (primary N) is 1. The molecule has 0 bridgehead atoms. The van der Waals surface area contributed by atoms with Crippen molar-refractivity contribution in [2.24, 2.45) is 5.73 Å². The van der Waals surface area contributed by atoms with Gasteiger partial charge in [0.25, 0.3) is 0 Å². The van der Waals surface area contributed by atoms with E-state index in [9.17, 15) is 0 Å². The Labute approximate surface area is 103 Å². The Morgan fingerprint density at radius 1 is 0.882 bits per heavy atom. The molecule has 2 aromatic rings. The predicted molar refractivity (Wildman–Crippen MR) is 74.0 cm³/mol. The van der Waals surface area contributed by atoms with E-state index >= 15 is 0 Å². The summed E-state index contributed by atoms with van der Waals surface area (Å²) in [6, 6.07) is 13.0. The van der Waals surface area contributed by atoms with Gasteiger partial charge in [0.05, 0.1) is 0 Å². The Balaban J connectivity index is 2.56. The van der Waals surface area contributed by atoms with E-state index in [-0.39, 0.29) is 0 Å². The molecule has 0 atom stereocenters. The van der Waals surface area contributed by atoms with Gasteiger partial charge >= 0.3 is 0 Å². The molecule has 1 heteroatoms. The molecule has 0 fully saturated rings. The molecule has 0 saturated heterocycles. The summed E-state index contributed by atoms with van der Waals surface area (Å²) in [6.45, 7) is 7.07. The summed E-state index contributed by atoms with van der Waals surface area (Å²) in [5.74, 6) is 0. The second-order valence-electron chi connectivity index (χ2n) is 4.66. The molecule has 0 saturated carbocycles. The van der Waals surface area contributed by atoms with Crippen LogP contribution in [0.2, 0.25) is 0 Å². The van der Waals surface area contributed by atoms with Gasteiger partial charge in [-0.1, -0.05) is 30.3 Å². The monoisotopic (exact) mass is 225 g/mol. The third kappa shape index (κ3) is 2.40. The molecule has 2 aromatic carbocycles. The Morgan fingerprint density at radius 3 is 2.29 bits per heavy atom. The highest BCUT2D eigenvalue weighted by atomic mass is 14.5. The Morgan fingerprint density at radius 2 is 1.59 bits per heavy atom. The first-order chi connectivity index (χ1) is 8.11. The maximum Gasteiger partial charge on any atom is 0.0178 e. The first kappa shape index (κ1) is 11.9. The largest absolute Gasteiger partial charge is 0.326 e. The average Bonchev–Trinajstić information content (AvgIpc) is 2.34. The van der Waals surface area contributed by atoms with Crippen LogP contribution < -0.4 is 5.73 Å². The molecule has 2 N–H and O–H groups in total. The molecule has 88 valence electrons. The molecule has 2 rings (SSSR count). The fourth-order valence-corrected chi connectivity index (χ4v) is 2.14. The average molecular weight is 225 g/mol. The molecule has 0 unspecified atom stereocenters. The first-order valence-corrected chi connectivity index (χ1v) is 5.99. The number of hydrogen-bond acceptors (Lipinski definition) is 1. The number of aryl methyl sites for hydroxylation is 3. The summed E-state index contributed by atoms with van der Waals surface area (Å²) < 4.78 is 0. The maximum absolute atomic E-state index is 5.69. The van der Waals surface area contributed by atoms with Gasteiger partial charge in [0.1, 0.15) is 0 Å². The highest BCUT2D eigenvalue weighted by Gasteiger charge is 2.04. The smallest absolute Gasteiger partial charge is 0.0178 e. The third-order valence-electron chi connectivity index (χ3n) is 3.31. The predicted octanol–water partition coefficient (Wildman–Crippen LogP) is 3.74. The van der Waals surface area contributed by atoms with Crippen molar-refractivity contribution in [3.8, 4) is 11.1 Å². The van der Waals surface area contributed by atoms with Crippen molar-refractivity contribution in [3.63, 3.8) is 0 Å². The molecule has 0 spiro atoms. The second kappa shape index (κ2) is 4.72. The van der Waals surface area contributed by atoms with Crippen molar-refractivity contribution in [1.82, 2.24) is 0 Å². The van der Waals surface area contributed by atoms with Gasteiger partial charge in [-0.3, -0.25) is 0 Å². The van der Waals surface area contributed by atoms with Gasteiger partial charge in [-0.15, -0.1) is 0 Å². The van der Waals surface area contributed by atoms with E-state index in [0.29, 0.717) is 6.54 Å². The highest BCUT2D eigenvalue weighted by Crippen LogP contribution is 2.26. The Hall–Kier alpha value is -1.60. The quantitative estimate of drug-likeness (QED) is 0.828. The number of hydrogen-bond donors (Lipinski definition) is 1. The van der Waals surface area contributed by atoms with Crippen LogP contribution in [0, 0.1) is 20.8 Å². The minimum Gasteiger partial charge on any atom is -0.326 e. The summed E-state index contributed by atoms with van der Waals surface area (Å²) in [5, 5.41) is 0. The minimum absolute atomic E-state index is 0.595. The van der Waals surface area contributed by atoms with Crippen molar-refractivity contribution in [1.29, 1.82) is 0 Å². The summed E-state index contributed by atoms with van der Waals surface area (Å²) in [7, 11) is 0. The van der Waals surface area contributed by atoms with Gasteiger partial charge < -0.3 is 5.73 Å². The van der Waals surface area contributed by atoms with Gasteiger partial charge in [-0.25, -0.2) is 0 Å². The first-order valence-electron chi connectivity index (χ1n) is 5.99. The third-order valence-corrected chi connectivity index (χ3v) is 3.31. The number of benzene rings is 2. The van der Waals surface area contributed by atoms with Gasteiger partial charge in [0, 0.05) is 6.54 Å². The molecule has 0 aliphatic rings. The van der Waals surface area contributed by atoms with Crippen LogP contribution in [0.4, 0.5) is 0 Å². The van der Waals surface area contributed by atoms with E-state index in [1.54, 1.807) is 0 Å². The number of rotatable bonds is 2. The second-order valence-corrected chi connectivity index (χ2v) is 4.66. The normalized spacial score (nSPS) is 10.6. The van der Waals surface area contributed by atoms with E-state index in [1.807, 2.05) is 0 Å². The zero-order valence-corrected chi connectivity index (χ0v) is 10.7. The lowest BCUT2D eigenvalue weighted by Crippen LogP contribution is -1.96. The highest BCUT2D eigenvalue weighted by molar-refractivity contribution is 5.69. The van der Waals surface area contributed by atoms with Crippen LogP contribution in [0.15, 0.2) is 36.4 Å². The fraction of sp³-hybridized carbons (Fsp3) is 0.250. The topological polar surface area (TPSA) is 26.0 Å². The minimum atomic E-state index is 0.595. The van der Waals surface area contributed by atoms with Crippen LogP contribution in [0.1, 0.15) is 22.3 Å². The van der Waals surface area contributed by atoms with Crippen LogP contribution in [-0.2, 0) is 6.54 Å². The van der Waals surface area contributed by atoms with Crippen molar-refractivity contribution in [2.75, 3.05) is 0 Å². The zero-order chi connectivity index (χ0) is 12.4. The van der Waals surface area contributed by atoms with E-state index in [1.165, 1.54) is 33.4 Å². The molecule has 1 nitrogen and oxygen atoms in total. The Bertz CT molecular complexity index is 541. The Kier molecular flexibility index (Phi) is 3.30. The molecule has 0 heterocycles. The molecule has 0 aliphatic carbocycles. The lowest BCUT2D eigenvalue weighted by Gasteiger charge is -2.11. The lowest BCUT2D eigenvalue weighted by atomic mass is 9.94. The van der Waals surface area contributed by atoms with E-state index < -0.39 is 0 Å². The van der Waals surface area contributed by atoms with Crippen LogP contribution in [0.3, 0.4) is 0 Å². The van der Waals surface area contributed by atoms with Crippen molar-refractivity contribution in [2.45, 2.75) is 27.3 Å². The van der Waals surface area contributed by atoms with E-state index in [2.05, 4.69) is 57.2 Å². The van der Waals surface area contributed by atoms with Crippen LogP contribution in [0.5, 0.6) is 0 Å². The van der Waals surface area contributed by atoms with Crippen LogP contribution in [0.25, 0.3) is 11.1 Å². The maximum atomic E-state index is 5.69. The summed E-state index contributed by atoms with van der Waals surface area (Å²) in [5.41, 5.74) is 13.4. The van der Waals surface area contributed by atoms with Gasteiger partial charge in [0.15, 0.2) is 0 Å². The summed E-state index contributed by atoms with van der Waals surface area (Å²) in [6.07, 6.45) is 0. The summed E-state index contributed by atoms with van der Waals surface area (Å²) >= 11 is 0. The molecular weight excluding hydrogens is 206 g/mol. The standard InChI is InChI=1S/C16H19N/c1-11-7-13(3)16(8-12(11)2)15-6-4-5-14(9-15)10-17/h4-9H,10,17H2,1-3H3. The molecule has 17 heavy (non-hydrogen) atoms. The molecule has 0 amide bonds. The lowest BCUT2D eigenvalue weighted by molar-refractivity contribution is 1.07. The molecule has 0 radical (unpaired) electrons. The van der Waals surface area contributed by atoms with E-state index in [4.69, 9.17) is 5.73 Å². The summed E-state index contributed by atoms with van der Waals surface area (Å²) in [4.78, 5) is 0. The SMILES string of the molecule is Cc1cc(C)c(-c2cccc(CN)c2)cc1C. The fourth-order valence-electron chi connectivity index (χ4n) is 2.14. The van der Waals surface area contributed by atoms with Crippen LogP contribution >= 0.6 is 0 Å². The van der Waals surface area contributed by atoms with Gasteiger partial charge in [0.2, 0.25) is 0 Å². The van der Waals surface area contributed by atoms with E-state index in [0.717, 1.165) is 0 Å². The van der Waals surface area contributed by atoms with Crippen molar-refractivity contribution < 1.29 is 0 Å². The van der Waals surface area contributed by atoms with Crippen LogP contribution in [-0.4, -0.2) is 0 Å². The molecular formula is C16H19N.